The van der Waals surface area contributed by atoms with Crippen molar-refractivity contribution in [1.29, 1.82) is 0 Å². The number of hydrogen-bond acceptors (Lipinski definition) is 5. The number of benzene rings is 1. The molecule has 0 aliphatic carbocycles. The van der Waals surface area contributed by atoms with E-state index in [-0.39, 0.29) is 29.7 Å². The van der Waals surface area contributed by atoms with E-state index in [1.807, 2.05) is 18.2 Å². The summed E-state index contributed by atoms with van der Waals surface area (Å²) in [6.07, 6.45) is 0. The van der Waals surface area contributed by atoms with Gasteiger partial charge in [0.2, 0.25) is 0 Å². The van der Waals surface area contributed by atoms with Crippen LogP contribution in [0.4, 0.5) is 0 Å². The molecular weight excluding hydrogens is 469 g/mol. The lowest BCUT2D eigenvalue weighted by Gasteiger charge is -2.20. The van der Waals surface area contributed by atoms with Crippen LogP contribution in [-0.2, 0) is 16.4 Å². The lowest BCUT2D eigenvalue weighted by molar-refractivity contribution is 0.354. The minimum Gasteiger partial charge on any atom is -0.493 e. The van der Waals surface area contributed by atoms with Crippen LogP contribution in [0, 0.1) is 0 Å². The number of aliphatic imine (C=N–C) groups is 1. The molecule has 1 aromatic carbocycles. The van der Waals surface area contributed by atoms with Crippen molar-refractivity contribution in [2.75, 3.05) is 33.6 Å². The van der Waals surface area contributed by atoms with Gasteiger partial charge >= 0.3 is 0 Å². The van der Waals surface area contributed by atoms with E-state index in [9.17, 15) is 8.42 Å². The minimum atomic E-state index is -3.16. The summed E-state index contributed by atoms with van der Waals surface area (Å²) in [5.74, 6) is 1.91. The third-order valence-electron chi connectivity index (χ3n) is 3.73. The maximum absolute atomic E-state index is 12.1. The maximum Gasteiger partial charge on any atom is 0.191 e. The summed E-state index contributed by atoms with van der Waals surface area (Å²) in [6.45, 7) is 5.92. The van der Waals surface area contributed by atoms with E-state index in [1.54, 1.807) is 42.0 Å². The molecular formula is C17H30IN3O4S. The molecule has 0 aromatic heterocycles. The summed E-state index contributed by atoms with van der Waals surface area (Å²) in [6, 6.07) is 5.64. The molecule has 0 aliphatic rings. The van der Waals surface area contributed by atoms with Crippen LogP contribution in [0.2, 0.25) is 0 Å². The Morgan fingerprint density at radius 3 is 2.23 bits per heavy atom. The van der Waals surface area contributed by atoms with Crippen LogP contribution in [-0.4, -0.2) is 52.7 Å². The Bertz CT molecular complexity index is 700. The topological polar surface area (TPSA) is 89.0 Å². The molecule has 0 aliphatic heterocycles. The van der Waals surface area contributed by atoms with E-state index in [0.29, 0.717) is 30.5 Å². The van der Waals surface area contributed by atoms with Gasteiger partial charge in [-0.3, -0.25) is 4.99 Å². The van der Waals surface area contributed by atoms with Gasteiger partial charge in [-0.2, -0.15) is 0 Å². The molecule has 0 saturated heterocycles. The molecule has 26 heavy (non-hydrogen) atoms. The van der Waals surface area contributed by atoms with E-state index < -0.39 is 14.6 Å². The highest BCUT2D eigenvalue weighted by atomic mass is 127. The van der Waals surface area contributed by atoms with Crippen LogP contribution < -0.4 is 20.1 Å². The lowest BCUT2D eigenvalue weighted by atomic mass is 10.2. The third kappa shape index (κ3) is 7.18. The molecule has 0 saturated carbocycles. The van der Waals surface area contributed by atoms with Crippen molar-refractivity contribution in [2.45, 2.75) is 32.1 Å². The summed E-state index contributed by atoms with van der Waals surface area (Å²) in [7, 11) is 1.66. The van der Waals surface area contributed by atoms with E-state index in [4.69, 9.17) is 9.47 Å². The first-order valence-electron chi connectivity index (χ1n) is 8.02. The van der Waals surface area contributed by atoms with Crippen molar-refractivity contribution in [1.82, 2.24) is 10.6 Å². The van der Waals surface area contributed by atoms with Gasteiger partial charge in [0.25, 0.3) is 0 Å². The molecule has 1 rings (SSSR count). The Balaban J connectivity index is 0.00000625. The van der Waals surface area contributed by atoms with Gasteiger partial charge in [-0.05, 0) is 38.5 Å². The third-order valence-corrected chi connectivity index (χ3v) is 6.34. The van der Waals surface area contributed by atoms with Crippen LogP contribution in [0.25, 0.3) is 0 Å². The highest BCUT2D eigenvalue weighted by Crippen LogP contribution is 2.27. The largest absolute Gasteiger partial charge is 0.493 e. The highest BCUT2D eigenvalue weighted by molar-refractivity contribution is 14.0. The van der Waals surface area contributed by atoms with E-state index >= 15 is 0 Å². The Morgan fingerprint density at radius 2 is 1.73 bits per heavy atom. The quantitative estimate of drug-likeness (QED) is 0.340. The zero-order valence-corrected chi connectivity index (χ0v) is 19.4. The fourth-order valence-electron chi connectivity index (χ4n) is 2.01. The summed E-state index contributed by atoms with van der Waals surface area (Å²) in [4.78, 5) is 4.10. The molecule has 0 amide bonds. The Morgan fingerprint density at radius 1 is 1.12 bits per heavy atom. The number of halogens is 1. The average Bonchev–Trinajstić information content (AvgIpc) is 2.56. The predicted octanol–water partition coefficient (Wildman–Crippen LogP) is 2.20. The van der Waals surface area contributed by atoms with Crippen molar-refractivity contribution in [3.63, 3.8) is 0 Å². The SMILES string of the molecule is CN=C(NCCS(=O)(=O)C(C)(C)C)NCc1ccc(OC)c(OC)c1.I. The number of hydrogen-bond donors (Lipinski definition) is 2. The second kappa shape index (κ2) is 10.8. The molecule has 0 radical (unpaired) electrons. The molecule has 1 aromatic rings. The first-order valence-corrected chi connectivity index (χ1v) is 9.67. The number of methoxy groups -OCH3 is 2. The second-order valence-corrected chi connectivity index (χ2v) is 9.34. The van der Waals surface area contributed by atoms with Crippen LogP contribution in [0.3, 0.4) is 0 Å². The van der Waals surface area contributed by atoms with Gasteiger partial charge in [0.15, 0.2) is 27.3 Å². The van der Waals surface area contributed by atoms with Crippen LogP contribution >= 0.6 is 24.0 Å². The van der Waals surface area contributed by atoms with Crippen molar-refractivity contribution in [3.05, 3.63) is 23.8 Å². The standard InChI is InChI=1S/C17H29N3O4S.HI/c1-17(2,3)25(21,22)10-9-19-16(18-4)20-12-13-7-8-14(23-5)15(11-13)24-6;/h7-8,11H,9-10,12H2,1-6H3,(H2,18,19,20);1H. The molecule has 0 heterocycles. The predicted molar refractivity (Wildman–Crippen MR) is 117 cm³/mol. The van der Waals surface area contributed by atoms with Gasteiger partial charge < -0.3 is 20.1 Å². The monoisotopic (exact) mass is 499 g/mol. The molecule has 7 nitrogen and oxygen atoms in total. The summed E-state index contributed by atoms with van der Waals surface area (Å²) in [5.41, 5.74) is 0.989. The van der Waals surface area contributed by atoms with Crippen LogP contribution in [0.15, 0.2) is 23.2 Å². The van der Waals surface area contributed by atoms with Gasteiger partial charge in [0, 0.05) is 20.1 Å². The number of nitrogens with zero attached hydrogens (tertiary/aromatic N) is 1. The fourth-order valence-corrected chi connectivity index (χ4v) is 2.99. The minimum absolute atomic E-state index is 0. The molecule has 0 fully saturated rings. The molecule has 9 heteroatoms. The highest BCUT2D eigenvalue weighted by Gasteiger charge is 2.28. The van der Waals surface area contributed by atoms with Gasteiger partial charge in [-0.25, -0.2) is 8.42 Å². The van der Waals surface area contributed by atoms with Crippen LogP contribution in [0.1, 0.15) is 26.3 Å². The average molecular weight is 499 g/mol. The van der Waals surface area contributed by atoms with E-state index in [1.165, 1.54) is 0 Å². The van der Waals surface area contributed by atoms with Crippen molar-refractivity contribution < 1.29 is 17.9 Å². The summed E-state index contributed by atoms with van der Waals surface area (Å²) >= 11 is 0. The van der Waals surface area contributed by atoms with Gasteiger partial charge in [-0.15, -0.1) is 24.0 Å². The van der Waals surface area contributed by atoms with Gasteiger partial charge in [0.05, 0.1) is 24.7 Å². The molecule has 0 bridgehead atoms. The van der Waals surface area contributed by atoms with Crippen molar-refractivity contribution in [2.24, 2.45) is 4.99 Å². The number of rotatable bonds is 7. The zero-order valence-electron chi connectivity index (χ0n) is 16.3. The fraction of sp³-hybridized carbons (Fsp3) is 0.588. The first-order chi connectivity index (χ1) is 11.6. The maximum atomic E-state index is 12.1. The van der Waals surface area contributed by atoms with Gasteiger partial charge in [0.1, 0.15) is 0 Å². The molecule has 0 unspecified atom stereocenters. The molecule has 2 N–H and O–H groups in total. The number of ether oxygens (including phenoxy) is 2. The zero-order chi connectivity index (χ0) is 19.1. The summed E-state index contributed by atoms with van der Waals surface area (Å²) in [5, 5.41) is 6.17. The van der Waals surface area contributed by atoms with E-state index in [0.717, 1.165) is 5.56 Å². The lowest BCUT2D eigenvalue weighted by Crippen LogP contribution is -2.41. The Hall–Kier alpha value is -1.23. The number of sulfone groups is 1. The smallest absolute Gasteiger partial charge is 0.191 e. The first kappa shape index (κ1) is 24.8. The molecule has 0 atom stereocenters. The normalized spacial score (nSPS) is 12.2. The number of nitrogens with one attached hydrogen (secondary N) is 2. The summed E-state index contributed by atoms with van der Waals surface area (Å²) < 4.78 is 33.9. The van der Waals surface area contributed by atoms with E-state index in [2.05, 4.69) is 15.6 Å². The molecule has 150 valence electrons. The van der Waals surface area contributed by atoms with Crippen molar-refractivity contribution in [3.8, 4) is 11.5 Å². The van der Waals surface area contributed by atoms with Crippen molar-refractivity contribution >= 4 is 39.8 Å². The Kier molecular flexibility index (Phi) is 10.3. The molecule has 0 spiro atoms. The van der Waals surface area contributed by atoms with Crippen LogP contribution in [0.5, 0.6) is 11.5 Å². The van der Waals surface area contributed by atoms with Gasteiger partial charge in [-0.1, -0.05) is 6.07 Å². The number of guanidine groups is 1. The second-order valence-electron chi connectivity index (χ2n) is 6.47. The Labute approximate surface area is 173 Å².